The SMILES string of the molecule is O=C(CCCn1c(SCC(=O)NC[C@@H]2CCCO2)nc2ccccc2c1=O)NC[C@H]1CCCO1. The van der Waals surface area contributed by atoms with Gasteiger partial charge in [0.25, 0.3) is 5.56 Å². The van der Waals surface area contributed by atoms with Crippen molar-refractivity contribution in [2.75, 3.05) is 32.1 Å². The number of rotatable bonds is 11. The molecule has 3 heterocycles. The zero-order valence-corrected chi connectivity index (χ0v) is 20.1. The van der Waals surface area contributed by atoms with Gasteiger partial charge in [0.05, 0.1) is 28.9 Å². The van der Waals surface area contributed by atoms with Gasteiger partial charge in [0, 0.05) is 39.3 Å². The molecule has 0 saturated carbocycles. The van der Waals surface area contributed by atoms with E-state index in [4.69, 9.17) is 9.47 Å². The smallest absolute Gasteiger partial charge is 0.262 e. The number of amides is 2. The largest absolute Gasteiger partial charge is 0.376 e. The van der Waals surface area contributed by atoms with E-state index in [1.807, 2.05) is 6.07 Å². The first kappa shape index (κ1) is 24.7. The number of fused-ring (bicyclic) bond motifs is 1. The van der Waals surface area contributed by atoms with Gasteiger partial charge in [-0.1, -0.05) is 23.9 Å². The van der Waals surface area contributed by atoms with Crippen LogP contribution in [0.5, 0.6) is 0 Å². The van der Waals surface area contributed by atoms with Crippen molar-refractivity contribution in [1.82, 2.24) is 20.2 Å². The summed E-state index contributed by atoms with van der Waals surface area (Å²) in [4.78, 5) is 42.4. The van der Waals surface area contributed by atoms with Crippen LogP contribution in [0.25, 0.3) is 10.9 Å². The molecular weight excluding hydrogens is 456 g/mol. The minimum absolute atomic E-state index is 0.0555. The standard InChI is InChI=1S/C24H32N4O5S/c29-21(25-14-17-6-4-12-32-17)10-3-11-28-23(31)19-8-1-2-9-20(19)27-24(28)34-16-22(30)26-15-18-7-5-13-33-18/h1-2,8-9,17-18H,3-7,10-16H2,(H,25,29)(H,26,30)/t17-,18+/m1/s1. The zero-order valence-electron chi connectivity index (χ0n) is 19.3. The van der Waals surface area contributed by atoms with E-state index in [-0.39, 0.29) is 35.3 Å². The highest BCUT2D eigenvalue weighted by Gasteiger charge is 2.18. The summed E-state index contributed by atoms with van der Waals surface area (Å²) in [5.41, 5.74) is 0.438. The van der Waals surface area contributed by atoms with Crippen molar-refractivity contribution in [3.63, 3.8) is 0 Å². The summed E-state index contributed by atoms with van der Waals surface area (Å²) in [6.07, 6.45) is 4.97. The molecule has 1 aromatic carbocycles. The summed E-state index contributed by atoms with van der Waals surface area (Å²) < 4.78 is 12.6. The summed E-state index contributed by atoms with van der Waals surface area (Å²) in [5.74, 6) is -0.0256. The highest BCUT2D eigenvalue weighted by Crippen LogP contribution is 2.19. The number of hydrogen-bond acceptors (Lipinski definition) is 7. The average Bonchev–Trinajstić information content (AvgIpc) is 3.56. The van der Waals surface area contributed by atoms with Gasteiger partial charge in [0.2, 0.25) is 11.8 Å². The molecule has 2 amide bonds. The number of thioether (sulfide) groups is 1. The van der Waals surface area contributed by atoms with E-state index in [9.17, 15) is 14.4 Å². The molecule has 0 aliphatic carbocycles. The van der Waals surface area contributed by atoms with Crippen molar-refractivity contribution in [1.29, 1.82) is 0 Å². The summed E-state index contributed by atoms with van der Waals surface area (Å²) in [7, 11) is 0. The van der Waals surface area contributed by atoms with Gasteiger partial charge >= 0.3 is 0 Å². The number of hydrogen-bond donors (Lipinski definition) is 2. The van der Waals surface area contributed by atoms with Gasteiger partial charge < -0.3 is 20.1 Å². The van der Waals surface area contributed by atoms with Crippen LogP contribution in [0.4, 0.5) is 0 Å². The monoisotopic (exact) mass is 488 g/mol. The average molecular weight is 489 g/mol. The molecule has 2 N–H and O–H groups in total. The number of carbonyl (C=O) groups is 2. The van der Waals surface area contributed by atoms with Gasteiger partial charge in [-0.15, -0.1) is 0 Å². The van der Waals surface area contributed by atoms with E-state index in [1.54, 1.807) is 22.8 Å². The first-order valence-corrected chi connectivity index (χ1v) is 13.0. The minimum atomic E-state index is -0.160. The van der Waals surface area contributed by atoms with E-state index >= 15 is 0 Å². The Labute approximate surface area is 203 Å². The van der Waals surface area contributed by atoms with Crippen LogP contribution in [-0.4, -0.2) is 65.6 Å². The van der Waals surface area contributed by atoms with Crippen molar-refractivity contribution in [3.8, 4) is 0 Å². The second-order valence-electron chi connectivity index (χ2n) is 8.64. The fourth-order valence-corrected chi connectivity index (χ4v) is 5.04. The molecule has 10 heteroatoms. The second kappa shape index (κ2) is 12.3. The molecule has 4 rings (SSSR count). The first-order chi connectivity index (χ1) is 16.6. The Balaban J connectivity index is 1.35. The molecule has 0 bridgehead atoms. The fourth-order valence-electron chi connectivity index (χ4n) is 4.19. The Kier molecular flexibility index (Phi) is 8.95. The molecule has 34 heavy (non-hydrogen) atoms. The van der Waals surface area contributed by atoms with Crippen molar-refractivity contribution >= 4 is 34.5 Å². The third kappa shape index (κ3) is 6.80. The van der Waals surface area contributed by atoms with Crippen molar-refractivity contribution in [2.45, 2.75) is 62.4 Å². The number of carbonyl (C=O) groups excluding carboxylic acids is 2. The fraction of sp³-hybridized carbons (Fsp3) is 0.583. The zero-order chi connectivity index (χ0) is 23.8. The van der Waals surface area contributed by atoms with Crippen LogP contribution < -0.4 is 16.2 Å². The van der Waals surface area contributed by atoms with Crippen LogP contribution in [0.1, 0.15) is 38.5 Å². The maximum atomic E-state index is 13.1. The molecule has 1 aromatic heterocycles. The maximum absolute atomic E-state index is 13.1. The first-order valence-electron chi connectivity index (χ1n) is 12.0. The van der Waals surface area contributed by atoms with Gasteiger partial charge in [-0.2, -0.15) is 0 Å². The number of nitrogens with zero attached hydrogens (tertiary/aromatic N) is 2. The van der Waals surface area contributed by atoms with Crippen LogP contribution in [0.2, 0.25) is 0 Å². The van der Waals surface area contributed by atoms with Gasteiger partial charge in [0.15, 0.2) is 5.16 Å². The van der Waals surface area contributed by atoms with Crippen molar-refractivity contribution < 1.29 is 19.1 Å². The Hall–Kier alpha value is -2.43. The molecule has 0 unspecified atom stereocenters. The highest BCUT2D eigenvalue weighted by atomic mass is 32.2. The van der Waals surface area contributed by atoms with Crippen LogP contribution in [-0.2, 0) is 25.6 Å². The summed E-state index contributed by atoms with van der Waals surface area (Å²) in [5, 5.41) is 6.82. The number of aromatic nitrogens is 2. The Bertz CT molecular complexity index is 1050. The maximum Gasteiger partial charge on any atom is 0.262 e. The Morgan fingerprint density at radius 1 is 1.03 bits per heavy atom. The Morgan fingerprint density at radius 2 is 1.71 bits per heavy atom. The molecule has 2 atom stereocenters. The van der Waals surface area contributed by atoms with Crippen LogP contribution in [0, 0.1) is 0 Å². The molecule has 0 radical (unpaired) electrons. The van der Waals surface area contributed by atoms with E-state index in [0.717, 1.165) is 38.9 Å². The van der Waals surface area contributed by atoms with Gasteiger partial charge in [0.1, 0.15) is 0 Å². The third-order valence-electron chi connectivity index (χ3n) is 6.05. The van der Waals surface area contributed by atoms with E-state index in [2.05, 4.69) is 15.6 Å². The molecule has 0 spiro atoms. The van der Waals surface area contributed by atoms with Crippen LogP contribution in [0.15, 0.2) is 34.2 Å². The predicted molar refractivity (Wildman–Crippen MR) is 130 cm³/mol. The molecule has 9 nitrogen and oxygen atoms in total. The summed E-state index contributed by atoms with van der Waals surface area (Å²) in [6, 6.07) is 7.18. The number of benzene rings is 1. The lowest BCUT2D eigenvalue weighted by molar-refractivity contribution is -0.121. The number of para-hydroxylation sites is 1. The summed E-state index contributed by atoms with van der Waals surface area (Å²) >= 11 is 1.23. The third-order valence-corrected chi connectivity index (χ3v) is 7.02. The lowest BCUT2D eigenvalue weighted by atomic mass is 10.2. The molecule has 2 aliphatic rings. The van der Waals surface area contributed by atoms with Crippen LogP contribution in [0.3, 0.4) is 0 Å². The van der Waals surface area contributed by atoms with E-state index < -0.39 is 0 Å². The summed E-state index contributed by atoms with van der Waals surface area (Å²) in [6.45, 7) is 2.88. The predicted octanol–water partition coefficient (Wildman–Crippen LogP) is 1.86. The lowest BCUT2D eigenvalue weighted by Crippen LogP contribution is -2.33. The lowest BCUT2D eigenvalue weighted by Gasteiger charge is -2.14. The van der Waals surface area contributed by atoms with Crippen molar-refractivity contribution in [3.05, 3.63) is 34.6 Å². The van der Waals surface area contributed by atoms with Crippen LogP contribution >= 0.6 is 11.8 Å². The molecule has 2 aliphatic heterocycles. The topological polar surface area (TPSA) is 112 Å². The molecular formula is C24H32N4O5S. The highest BCUT2D eigenvalue weighted by molar-refractivity contribution is 7.99. The quantitative estimate of drug-likeness (QED) is 0.367. The number of ether oxygens (including phenoxy) is 2. The Morgan fingerprint density at radius 3 is 2.38 bits per heavy atom. The van der Waals surface area contributed by atoms with Gasteiger partial charge in [-0.05, 0) is 44.2 Å². The van der Waals surface area contributed by atoms with Gasteiger partial charge in [-0.25, -0.2) is 4.98 Å². The molecule has 2 fully saturated rings. The minimum Gasteiger partial charge on any atom is -0.376 e. The molecule has 2 saturated heterocycles. The van der Waals surface area contributed by atoms with Gasteiger partial charge in [-0.3, -0.25) is 19.0 Å². The normalized spacial score (nSPS) is 20.0. The van der Waals surface area contributed by atoms with E-state index in [0.29, 0.717) is 48.5 Å². The second-order valence-corrected chi connectivity index (χ2v) is 9.58. The van der Waals surface area contributed by atoms with E-state index in [1.165, 1.54) is 11.8 Å². The van der Waals surface area contributed by atoms with Crippen molar-refractivity contribution in [2.24, 2.45) is 0 Å². The molecule has 2 aromatic rings. The number of nitrogens with one attached hydrogen (secondary N) is 2. The molecule has 184 valence electrons.